The predicted octanol–water partition coefficient (Wildman–Crippen LogP) is 2.30. The number of hydrogen-bond donors (Lipinski definition) is 1. The lowest BCUT2D eigenvalue weighted by molar-refractivity contribution is 0.584. The largest absolute Gasteiger partial charge is 0.240 e. The van der Waals surface area contributed by atoms with Gasteiger partial charge in [-0.25, -0.2) is 13.1 Å². The Hall–Kier alpha value is -0.650. The molecule has 0 aliphatic carbocycles. The molecule has 0 spiro atoms. The molecular weight excluding hydrogens is 278 g/mol. The minimum atomic E-state index is -3.40. The van der Waals surface area contributed by atoms with Crippen molar-refractivity contribution in [3.63, 3.8) is 0 Å². The van der Waals surface area contributed by atoms with Crippen LogP contribution in [-0.4, -0.2) is 15.0 Å². The molecular formula is C10H12BrNO2S. The fraction of sp³-hybridized carbons (Fsp3) is 0.200. The van der Waals surface area contributed by atoms with Gasteiger partial charge >= 0.3 is 0 Å². The fourth-order valence-electron chi connectivity index (χ4n) is 0.915. The average Bonchev–Trinajstić information content (AvgIpc) is 2.16. The van der Waals surface area contributed by atoms with Crippen molar-refractivity contribution in [3.05, 3.63) is 40.9 Å². The lowest BCUT2D eigenvalue weighted by atomic mass is 10.4. The summed E-state index contributed by atoms with van der Waals surface area (Å²) in [5, 5.41) is 0. The van der Waals surface area contributed by atoms with E-state index < -0.39 is 10.0 Å². The molecule has 0 radical (unpaired) electrons. The van der Waals surface area contributed by atoms with E-state index in [1.807, 2.05) is 0 Å². The van der Waals surface area contributed by atoms with Crippen molar-refractivity contribution in [1.82, 2.24) is 4.72 Å². The molecule has 0 atom stereocenters. The quantitative estimate of drug-likeness (QED) is 0.865. The minimum absolute atomic E-state index is 0.256. The zero-order valence-electron chi connectivity index (χ0n) is 8.33. The fourth-order valence-corrected chi connectivity index (χ4v) is 2.28. The van der Waals surface area contributed by atoms with Crippen LogP contribution in [-0.2, 0) is 10.0 Å². The molecule has 1 rings (SSSR count). The van der Waals surface area contributed by atoms with Crippen LogP contribution in [0.25, 0.3) is 0 Å². The molecule has 0 heterocycles. The highest BCUT2D eigenvalue weighted by atomic mass is 79.9. The molecule has 0 amide bonds. The molecule has 0 bridgehead atoms. The summed E-state index contributed by atoms with van der Waals surface area (Å²) in [5.74, 6) is 0. The molecule has 0 aliphatic heterocycles. The van der Waals surface area contributed by atoms with Crippen molar-refractivity contribution in [3.8, 4) is 0 Å². The summed E-state index contributed by atoms with van der Waals surface area (Å²) >= 11 is 3.25. The van der Waals surface area contributed by atoms with Gasteiger partial charge in [-0.15, -0.1) is 0 Å². The highest BCUT2D eigenvalue weighted by Gasteiger charge is 2.12. The smallest absolute Gasteiger partial charge is 0.207 e. The van der Waals surface area contributed by atoms with E-state index >= 15 is 0 Å². The molecule has 1 N–H and O–H groups in total. The van der Waals surface area contributed by atoms with E-state index in [0.29, 0.717) is 0 Å². The monoisotopic (exact) mass is 289 g/mol. The van der Waals surface area contributed by atoms with Crippen LogP contribution < -0.4 is 4.72 Å². The first-order chi connectivity index (χ1) is 6.92. The predicted molar refractivity (Wildman–Crippen MR) is 64.1 cm³/mol. The zero-order chi connectivity index (χ0) is 11.5. The van der Waals surface area contributed by atoms with Crippen LogP contribution in [0.4, 0.5) is 0 Å². The average molecular weight is 290 g/mol. The van der Waals surface area contributed by atoms with Gasteiger partial charge in [-0.1, -0.05) is 28.1 Å². The molecule has 0 saturated carbocycles. The van der Waals surface area contributed by atoms with E-state index in [2.05, 4.69) is 27.2 Å². The van der Waals surface area contributed by atoms with Crippen LogP contribution in [0.3, 0.4) is 0 Å². The molecule has 82 valence electrons. The third-order valence-corrected chi connectivity index (χ3v) is 3.63. The first-order valence-electron chi connectivity index (χ1n) is 4.31. The van der Waals surface area contributed by atoms with Gasteiger partial charge in [-0.2, -0.15) is 0 Å². The Balaban J connectivity index is 2.87. The zero-order valence-corrected chi connectivity index (χ0v) is 10.7. The lowest BCUT2D eigenvalue weighted by Crippen LogP contribution is -2.25. The van der Waals surface area contributed by atoms with E-state index in [9.17, 15) is 8.42 Å². The van der Waals surface area contributed by atoms with Gasteiger partial charge in [0.05, 0.1) is 4.90 Å². The third kappa shape index (κ3) is 3.77. The SMILES string of the molecule is C=C(C)CNS(=O)(=O)c1ccc(Br)cc1. The van der Waals surface area contributed by atoms with E-state index in [4.69, 9.17) is 0 Å². The van der Waals surface area contributed by atoms with Crippen LogP contribution in [0.5, 0.6) is 0 Å². The molecule has 3 nitrogen and oxygen atoms in total. The summed E-state index contributed by atoms with van der Waals surface area (Å²) in [5.41, 5.74) is 0.774. The van der Waals surface area contributed by atoms with Crippen molar-refractivity contribution >= 4 is 26.0 Å². The molecule has 1 aromatic rings. The van der Waals surface area contributed by atoms with Crippen LogP contribution in [0, 0.1) is 0 Å². The Morgan fingerprint density at radius 3 is 2.40 bits per heavy atom. The molecule has 15 heavy (non-hydrogen) atoms. The number of benzene rings is 1. The molecule has 0 fully saturated rings. The van der Waals surface area contributed by atoms with Gasteiger partial charge in [-0.3, -0.25) is 0 Å². The minimum Gasteiger partial charge on any atom is -0.207 e. The summed E-state index contributed by atoms with van der Waals surface area (Å²) in [7, 11) is -3.40. The van der Waals surface area contributed by atoms with Crippen LogP contribution >= 0.6 is 15.9 Å². The maximum atomic E-state index is 11.7. The number of rotatable bonds is 4. The highest BCUT2D eigenvalue weighted by Crippen LogP contribution is 2.14. The third-order valence-electron chi connectivity index (χ3n) is 1.69. The second-order valence-electron chi connectivity index (χ2n) is 3.24. The molecule has 0 unspecified atom stereocenters. The Kier molecular flexibility index (Phi) is 4.07. The summed E-state index contributed by atoms with van der Waals surface area (Å²) in [6, 6.07) is 6.47. The summed E-state index contributed by atoms with van der Waals surface area (Å²) in [4.78, 5) is 0.256. The van der Waals surface area contributed by atoms with Crippen molar-refractivity contribution in [2.24, 2.45) is 0 Å². The molecule has 5 heteroatoms. The first kappa shape index (κ1) is 12.4. The second kappa shape index (κ2) is 4.92. The van der Waals surface area contributed by atoms with Gasteiger partial charge in [0.25, 0.3) is 0 Å². The number of hydrogen-bond acceptors (Lipinski definition) is 2. The van der Waals surface area contributed by atoms with E-state index in [0.717, 1.165) is 10.0 Å². The number of nitrogens with one attached hydrogen (secondary N) is 1. The van der Waals surface area contributed by atoms with E-state index in [1.54, 1.807) is 31.2 Å². The van der Waals surface area contributed by atoms with Gasteiger partial charge in [0, 0.05) is 11.0 Å². The number of halogens is 1. The normalized spacial score (nSPS) is 11.3. The molecule has 0 saturated heterocycles. The highest BCUT2D eigenvalue weighted by molar-refractivity contribution is 9.10. The van der Waals surface area contributed by atoms with Crippen LogP contribution in [0.15, 0.2) is 45.8 Å². The van der Waals surface area contributed by atoms with Gasteiger partial charge in [0.2, 0.25) is 10.0 Å². The molecule has 1 aromatic carbocycles. The topological polar surface area (TPSA) is 46.2 Å². The molecule has 0 aliphatic rings. The summed E-state index contributed by atoms with van der Waals surface area (Å²) in [6.07, 6.45) is 0. The lowest BCUT2D eigenvalue weighted by Gasteiger charge is -2.06. The summed E-state index contributed by atoms with van der Waals surface area (Å²) < 4.78 is 26.7. The Labute approximate surface area is 98.4 Å². The molecule has 0 aromatic heterocycles. The first-order valence-corrected chi connectivity index (χ1v) is 6.59. The van der Waals surface area contributed by atoms with Gasteiger partial charge < -0.3 is 0 Å². The maximum Gasteiger partial charge on any atom is 0.240 e. The van der Waals surface area contributed by atoms with Gasteiger partial charge in [-0.05, 0) is 31.2 Å². The van der Waals surface area contributed by atoms with Gasteiger partial charge in [0.15, 0.2) is 0 Å². The number of sulfonamides is 1. The van der Waals surface area contributed by atoms with Crippen molar-refractivity contribution in [1.29, 1.82) is 0 Å². The van der Waals surface area contributed by atoms with Crippen molar-refractivity contribution in [2.75, 3.05) is 6.54 Å². The Bertz CT molecular complexity index is 451. The van der Waals surface area contributed by atoms with Crippen LogP contribution in [0.1, 0.15) is 6.92 Å². The Morgan fingerprint density at radius 2 is 1.93 bits per heavy atom. The van der Waals surface area contributed by atoms with Gasteiger partial charge in [0.1, 0.15) is 0 Å². The van der Waals surface area contributed by atoms with E-state index in [-0.39, 0.29) is 11.4 Å². The van der Waals surface area contributed by atoms with Crippen molar-refractivity contribution < 1.29 is 8.42 Å². The second-order valence-corrected chi connectivity index (χ2v) is 5.92. The maximum absolute atomic E-state index is 11.7. The van der Waals surface area contributed by atoms with E-state index in [1.165, 1.54) is 0 Å². The summed E-state index contributed by atoms with van der Waals surface area (Å²) in [6.45, 7) is 5.66. The van der Waals surface area contributed by atoms with Crippen molar-refractivity contribution in [2.45, 2.75) is 11.8 Å². The Morgan fingerprint density at radius 1 is 1.40 bits per heavy atom. The standard InChI is InChI=1S/C10H12BrNO2S/c1-8(2)7-12-15(13,14)10-5-3-9(11)4-6-10/h3-6,12H,1,7H2,2H3. The van der Waals surface area contributed by atoms with Crippen LogP contribution in [0.2, 0.25) is 0 Å².